The number of amides is 4. The molecule has 4 rings (SSSR count). The molecule has 1 heterocycles. The summed E-state index contributed by atoms with van der Waals surface area (Å²) in [5, 5.41) is 11.0. The zero-order valence-corrected chi connectivity index (χ0v) is 19.1. The smallest absolute Gasteiger partial charge is 0.323 e. The Morgan fingerprint density at radius 1 is 0.829 bits per heavy atom. The Labute approximate surface area is 202 Å². The third-order valence-electron chi connectivity index (χ3n) is 4.97. The molecule has 3 aromatic carbocycles. The number of carbonyl (C=O) groups excluding carboxylic acids is 2. The van der Waals surface area contributed by atoms with Crippen LogP contribution in [0.15, 0.2) is 89.5 Å². The summed E-state index contributed by atoms with van der Waals surface area (Å²) in [5.41, 5.74) is 3.34. The highest BCUT2D eigenvalue weighted by atomic mass is 16.5. The number of rotatable bonds is 8. The Bertz CT molecular complexity index is 1270. The van der Waals surface area contributed by atoms with Crippen molar-refractivity contribution in [3.8, 4) is 17.2 Å². The summed E-state index contributed by atoms with van der Waals surface area (Å²) in [7, 11) is 1.61. The van der Waals surface area contributed by atoms with Crippen LogP contribution in [0.1, 0.15) is 5.69 Å². The molecule has 4 amide bonds. The van der Waals surface area contributed by atoms with Crippen molar-refractivity contribution in [1.82, 2.24) is 10.3 Å². The normalized spacial score (nSPS) is 10.3. The van der Waals surface area contributed by atoms with Crippen LogP contribution in [0.2, 0.25) is 0 Å². The molecule has 35 heavy (non-hydrogen) atoms. The van der Waals surface area contributed by atoms with Crippen LogP contribution < -0.4 is 26.0 Å². The van der Waals surface area contributed by atoms with E-state index in [0.717, 1.165) is 17.0 Å². The van der Waals surface area contributed by atoms with Crippen molar-refractivity contribution in [3.63, 3.8) is 0 Å². The molecular formula is C26H25N5O4. The number of urea groups is 2. The van der Waals surface area contributed by atoms with E-state index in [1.807, 2.05) is 42.5 Å². The van der Waals surface area contributed by atoms with Crippen molar-refractivity contribution in [3.05, 3.63) is 90.8 Å². The first-order valence-electron chi connectivity index (χ1n) is 11.0. The van der Waals surface area contributed by atoms with Crippen LogP contribution in [0.3, 0.4) is 0 Å². The molecule has 0 unspecified atom stereocenters. The molecule has 178 valence electrons. The SMILES string of the molecule is COc1ccc(-c2nc(CCNC(=O)Nc3cccc(NC(=O)Nc4ccccc4)c3)co2)cc1. The van der Waals surface area contributed by atoms with Gasteiger partial charge in [0.1, 0.15) is 12.0 Å². The summed E-state index contributed by atoms with van der Waals surface area (Å²) in [4.78, 5) is 28.9. The first-order valence-corrected chi connectivity index (χ1v) is 11.0. The van der Waals surface area contributed by atoms with E-state index < -0.39 is 0 Å². The Kier molecular flexibility index (Phi) is 7.59. The molecule has 0 saturated carbocycles. The predicted molar refractivity (Wildman–Crippen MR) is 135 cm³/mol. The number of carbonyl (C=O) groups is 2. The van der Waals surface area contributed by atoms with Gasteiger partial charge in [-0.2, -0.15) is 0 Å². The monoisotopic (exact) mass is 471 g/mol. The molecular weight excluding hydrogens is 446 g/mol. The number of nitrogens with one attached hydrogen (secondary N) is 4. The lowest BCUT2D eigenvalue weighted by Gasteiger charge is -2.10. The number of nitrogens with zero attached hydrogens (tertiary/aromatic N) is 1. The van der Waals surface area contributed by atoms with Crippen LogP contribution in [0.25, 0.3) is 11.5 Å². The molecule has 4 aromatic rings. The Balaban J connectivity index is 1.23. The van der Waals surface area contributed by atoms with Crippen molar-refractivity contribution in [2.45, 2.75) is 6.42 Å². The van der Waals surface area contributed by atoms with Crippen molar-refractivity contribution >= 4 is 29.1 Å². The minimum Gasteiger partial charge on any atom is -0.497 e. The lowest BCUT2D eigenvalue weighted by Crippen LogP contribution is -2.30. The molecule has 0 fully saturated rings. The average molecular weight is 472 g/mol. The van der Waals surface area contributed by atoms with Gasteiger partial charge in [-0.1, -0.05) is 24.3 Å². The fraction of sp³-hybridized carbons (Fsp3) is 0.115. The van der Waals surface area contributed by atoms with Crippen molar-refractivity contribution in [2.24, 2.45) is 0 Å². The van der Waals surface area contributed by atoms with E-state index in [-0.39, 0.29) is 12.1 Å². The molecule has 9 nitrogen and oxygen atoms in total. The van der Waals surface area contributed by atoms with Crippen LogP contribution in [-0.2, 0) is 6.42 Å². The highest BCUT2D eigenvalue weighted by Gasteiger charge is 2.09. The molecule has 0 saturated heterocycles. The van der Waals surface area contributed by atoms with Crippen molar-refractivity contribution in [1.29, 1.82) is 0 Å². The first-order chi connectivity index (χ1) is 17.1. The number of methoxy groups -OCH3 is 1. The topological polar surface area (TPSA) is 118 Å². The maximum Gasteiger partial charge on any atom is 0.323 e. The minimum atomic E-state index is -0.376. The van der Waals surface area contributed by atoms with Gasteiger partial charge in [-0.3, -0.25) is 0 Å². The van der Waals surface area contributed by atoms with E-state index in [4.69, 9.17) is 9.15 Å². The largest absolute Gasteiger partial charge is 0.497 e. The van der Waals surface area contributed by atoms with Gasteiger partial charge in [0.05, 0.1) is 12.8 Å². The summed E-state index contributed by atoms with van der Waals surface area (Å²) in [6.45, 7) is 0.373. The van der Waals surface area contributed by atoms with E-state index in [2.05, 4.69) is 26.3 Å². The van der Waals surface area contributed by atoms with Gasteiger partial charge in [0.15, 0.2) is 0 Å². The molecule has 0 aliphatic carbocycles. The average Bonchev–Trinajstić information content (AvgIpc) is 3.34. The van der Waals surface area contributed by atoms with Gasteiger partial charge < -0.3 is 30.4 Å². The van der Waals surface area contributed by atoms with E-state index >= 15 is 0 Å². The summed E-state index contributed by atoms with van der Waals surface area (Å²) in [6.07, 6.45) is 2.09. The highest BCUT2D eigenvalue weighted by Crippen LogP contribution is 2.22. The van der Waals surface area contributed by atoms with Crippen LogP contribution in [-0.4, -0.2) is 30.7 Å². The number of ether oxygens (including phenoxy) is 1. The molecule has 0 radical (unpaired) electrons. The van der Waals surface area contributed by atoms with E-state index in [1.165, 1.54) is 0 Å². The van der Waals surface area contributed by atoms with Crippen LogP contribution >= 0.6 is 0 Å². The number of anilines is 3. The van der Waals surface area contributed by atoms with E-state index in [9.17, 15) is 9.59 Å². The van der Waals surface area contributed by atoms with Gasteiger partial charge in [-0.15, -0.1) is 0 Å². The molecule has 0 bridgehead atoms. The van der Waals surface area contributed by atoms with Gasteiger partial charge in [0.2, 0.25) is 5.89 Å². The minimum absolute atomic E-state index is 0.366. The van der Waals surface area contributed by atoms with Crippen LogP contribution in [0.5, 0.6) is 5.75 Å². The number of hydrogen-bond acceptors (Lipinski definition) is 5. The van der Waals surface area contributed by atoms with Gasteiger partial charge >= 0.3 is 12.1 Å². The Hall–Kier alpha value is -4.79. The quantitative estimate of drug-likeness (QED) is 0.276. The maximum absolute atomic E-state index is 12.3. The lowest BCUT2D eigenvalue weighted by atomic mass is 10.2. The zero-order chi connectivity index (χ0) is 24.5. The number of para-hydroxylation sites is 1. The standard InChI is InChI=1S/C26H25N5O4/c1-34-23-12-10-18(11-13-23)24-28-22(17-35-24)14-15-27-25(32)30-20-8-5-9-21(16-20)31-26(33)29-19-6-3-2-4-7-19/h2-13,16-17H,14-15H2,1H3,(H2,27,30,32)(H2,29,31,33). The fourth-order valence-electron chi connectivity index (χ4n) is 3.26. The van der Waals surface area contributed by atoms with E-state index in [0.29, 0.717) is 35.9 Å². The van der Waals surface area contributed by atoms with Gasteiger partial charge in [-0.05, 0) is 54.6 Å². The summed E-state index contributed by atoms with van der Waals surface area (Å²) < 4.78 is 10.7. The first kappa shape index (κ1) is 23.4. The highest BCUT2D eigenvalue weighted by molar-refractivity contribution is 6.00. The Morgan fingerprint density at radius 2 is 1.49 bits per heavy atom. The summed E-state index contributed by atoms with van der Waals surface area (Å²) >= 11 is 0. The van der Waals surface area contributed by atoms with Gasteiger partial charge in [0.25, 0.3) is 0 Å². The molecule has 1 aromatic heterocycles. The number of benzene rings is 3. The predicted octanol–water partition coefficient (Wildman–Crippen LogP) is 5.36. The number of hydrogen-bond donors (Lipinski definition) is 4. The second kappa shape index (κ2) is 11.4. The second-order valence-corrected chi connectivity index (χ2v) is 7.53. The zero-order valence-electron chi connectivity index (χ0n) is 19.1. The van der Waals surface area contributed by atoms with Crippen LogP contribution in [0, 0.1) is 0 Å². The van der Waals surface area contributed by atoms with E-state index in [1.54, 1.807) is 49.8 Å². The molecule has 0 aliphatic rings. The van der Waals surface area contributed by atoms with Crippen LogP contribution in [0.4, 0.5) is 26.7 Å². The second-order valence-electron chi connectivity index (χ2n) is 7.53. The van der Waals surface area contributed by atoms with Gasteiger partial charge in [-0.25, -0.2) is 14.6 Å². The van der Waals surface area contributed by atoms with Crippen molar-refractivity contribution < 1.29 is 18.7 Å². The third kappa shape index (κ3) is 6.84. The Morgan fingerprint density at radius 3 is 2.20 bits per heavy atom. The number of oxazole rings is 1. The molecule has 4 N–H and O–H groups in total. The van der Waals surface area contributed by atoms with Gasteiger partial charge in [0, 0.05) is 35.6 Å². The lowest BCUT2D eigenvalue weighted by molar-refractivity contribution is 0.252. The summed E-state index contributed by atoms with van der Waals surface area (Å²) in [5.74, 6) is 1.26. The fourth-order valence-corrected chi connectivity index (χ4v) is 3.26. The molecule has 0 aliphatic heterocycles. The maximum atomic E-state index is 12.3. The molecule has 9 heteroatoms. The third-order valence-corrected chi connectivity index (χ3v) is 4.97. The molecule has 0 atom stereocenters. The number of aromatic nitrogens is 1. The summed E-state index contributed by atoms with van der Waals surface area (Å²) in [6, 6.07) is 22.7. The van der Waals surface area contributed by atoms with Crippen molar-refractivity contribution in [2.75, 3.05) is 29.6 Å². The molecule has 0 spiro atoms.